The number of carbonyl (C=O) groups is 2. The summed E-state index contributed by atoms with van der Waals surface area (Å²) in [6.45, 7) is 8.17. The highest BCUT2D eigenvalue weighted by atomic mass is 35.5. The molecule has 2 N–H and O–H groups in total. The molecular formula is C30H30ClN3O5. The van der Waals surface area contributed by atoms with Crippen molar-refractivity contribution >= 4 is 40.9 Å². The quantitative estimate of drug-likeness (QED) is 0.215. The maximum Gasteiger partial charge on any atom is 0.266 e. The van der Waals surface area contributed by atoms with Gasteiger partial charge in [-0.05, 0) is 99.0 Å². The van der Waals surface area contributed by atoms with E-state index in [-0.39, 0.29) is 34.6 Å². The van der Waals surface area contributed by atoms with Gasteiger partial charge in [-0.3, -0.25) is 9.59 Å². The predicted molar refractivity (Wildman–Crippen MR) is 152 cm³/mol. The van der Waals surface area contributed by atoms with Gasteiger partial charge in [0.2, 0.25) is 0 Å². The zero-order valence-corrected chi connectivity index (χ0v) is 23.0. The summed E-state index contributed by atoms with van der Waals surface area (Å²) < 4.78 is 16.8. The third-order valence-electron chi connectivity index (χ3n) is 5.57. The molecule has 3 rings (SSSR count). The number of halogens is 1. The summed E-state index contributed by atoms with van der Waals surface area (Å²) >= 11 is 6.47. The second kappa shape index (κ2) is 13.9. The number of nitrogens with one attached hydrogen (secondary N) is 2. The number of nitrogens with zero attached hydrogens (tertiary/aromatic N) is 1. The van der Waals surface area contributed by atoms with Gasteiger partial charge in [-0.1, -0.05) is 17.7 Å². The Morgan fingerprint density at radius 3 is 2.23 bits per heavy atom. The SMILES string of the molecule is CCOc1ccc(NC(=O)/C(C#N)=C/c2cc(Cl)c(OCC(=O)Nc3ccc(C)c(C)c3)c(OCC)c2)cc1. The largest absolute Gasteiger partial charge is 0.494 e. The predicted octanol–water partition coefficient (Wildman–Crippen LogP) is 6.32. The molecule has 0 bridgehead atoms. The van der Waals surface area contributed by atoms with Crippen LogP contribution >= 0.6 is 11.6 Å². The highest BCUT2D eigenvalue weighted by molar-refractivity contribution is 6.32. The molecule has 0 aliphatic rings. The molecule has 0 atom stereocenters. The van der Waals surface area contributed by atoms with E-state index in [0.29, 0.717) is 35.9 Å². The number of amides is 2. The van der Waals surface area contributed by atoms with Crippen LogP contribution in [0, 0.1) is 25.2 Å². The van der Waals surface area contributed by atoms with Gasteiger partial charge in [0.25, 0.3) is 11.8 Å². The van der Waals surface area contributed by atoms with E-state index < -0.39 is 5.91 Å². The van der Waals surface area contributed by atoms with Crippen molar-refractivity contribution in [1.29, 1.82) is 5.26 Å². The van der Waals surface area contributed by atoms with Crippen LogP contribution in [-0.4, -0.2) is 31.6 Å². The molecule has 8 nitrogen and oxygen atoms in total. The molecule has 0 fully saturated rings. The Bertz CT molecular complexity index is 1410. The minimum Gasteiger partial charge on any atom is -0.494 e. The van der Waals surface area contributed by atoms with Gasteiger partial charge in [0, 0.05) is 11.4 Å². The molecule has 0 aromatic heterocycles. The fraction of sp³-hybridized carbons (Fsp3) is 0.233. The summed E-state index contributed by atoms with van der Waals surface area (Å²) in [5.41, 5.74) is 3.68. The van der Waals surface area contributed by atoms with Crippen LogP contribution < -0.4 is 24.8 Å². The summed E-state index contributed by atoms with van der Waals surface area (Å²) in [6.07, 6.45) is 1.40. The average Bonchev–Trinajstić information content (AvgIpc) is 2.90. The Balaban J connectivity index is 1.74. The van der Waals surface area contributed by atoms with E-state index in [1.165, 1.54) is 12.1 Å². The highest BCUT2D eigenvalue weighted by Crippen LogP contribution is 2.37. The molecule has 3 aromatic carbocycles. The number of benzene rings is 3. The molecule has 0 aliphatic heterocycles. The zero-order valence-electron chi connectivity index (χ0n) is 22.3. The van der Waals surface area contributed by atoms with Crippen molar-refractivity contribution in [3.05, 3.63) is 81.9 Å². The summed E-state index contributed by atoms with van der Waals surface area (Å²) in [6, 6.07) is 17.5. The van der Waals surface area contributed by atoms with E-state index in [4.69, 9.17) is 25.8 Å². The number of anilines is 2. The van der Waals surface area contributed by atoms with Gasteiger partial charge in [-0.2, -0.15) is 5.26 Å². The summed E-state index contributed by atoms with van der Waals surface area (Å²) in [5, 5.41) is 15.3. The molecule has 9 heteroatoms. The molecule has 3 aromatic rings. The van der Waals surface area contributed by atoms with E-state index in [1.54, 1.807) is 37.3 Å². The summed E-state index contributed by atoms with van der Waals surface area (Å²) in [5.74, 6) is 0.190. The Labute approximate surface area is 233 Å². The maximum absolute atomic E-state index is 12.7. The van der Waals surface area contributed by atoms with Crippen LogP contribution in [0.25, 0.3) is 6.08 Å². The van der Waals surface area contributed by atoms with E-state index in [0.717, 1.165) is 11.1 Å². The fourth-order valence-corrected chi connectivity index (χ4v) is 3.82. The number of carbonyl (C=O) groups excluding carboxylic acids is 2. The van der Waals surface area contributed by atoms with Gasteiger partial charge in [0.05, 0.1) is 18.2 Å². The van der Waals surface area contributed by atoms with Crippen LogP contribution in [0.2, 0.25) is 5.02 Å². The summed E-state index contributed by atoms with van der Waals surface area (Å²) in [7, 11) is 0. The lowest BCUT2D eigenvalue weighted by Crippen LogP contribution is -2.20. The van der Waals surface area contributed by atoms with Crippen LogP contribution in [0.3, 0.4) is 0 Å². The van der Waals surface area contributed by atoms with Crippen LogP contribution in [-0.2, 0) is 9.59 Å². The standard InChI is InChI=1S/C30H30ClN3O5/c1-5-37-25-11-9-23(10-12-25)34-30(36)22(17-32)14-21-15-26(31)29(27(16-21)38-6-2)39-18-28(35)33-24-8-7-19(3)20(4)13-24/h7-16H,5-6,18H2,1-4H3,(H,33,35)(H,34,36)/b22-14+. The van der Waals surface area contributed by atoms with Gasteiger partial charge in [0.15, 0.2) is 18.1 Å². The van der Waals surface area contributed by atoms with Gasteiger partial charge < -0.3 is 24.8 Å². The monoisotopic (exact) mass is 547 g/mol. The third-order valence-corrected chi connectivity index (χ3v) is 5.85. The molecule has 39 heavy (non-hydrogen) atoms. The number of nitriles is 1. The molecule has 0 saturated carbocycles. The minimum atomic E-state index is -0.584. The van der Waals surface area contributed by atoms with Crippen LogP contribution in [0.5, 0.6) is 17.2 Å². The second-order valence-electron chi connectivity index (χ2n) is 8.48. The number of ether oxygens (including phenoxy) is 3. The second-order valence-corrected chi connectivity index (χ2v) is 8.89. The topological polar surface area (TPSA) is 110 Å². The molecule has 0 radical (unpaired) electrons. The van der Waals surface area contributed by atoms with Crippen molar-refractivity contribution in [1.82, 2.24) is 0 Å². The van der Waals surface area contributed by atoms with Gasteiger partial charge >= 0.3 is 0 Å². The Hall–Kier alpha value is -4.48. The molecule has 0 unspecified atom stereocenters. The fourth-order valence-electron chi connectivity index (χ4n) is 3.54. The van der Waals surface area contributed by atoms with Gasteiger partial charge in [-0.25, -0.2) is 0 Å². The molecule has 0 saturated heterocycles. The van der Waals surface area contributed by atoms with Crippen molar-refractivity contribution in [2.75, 3.05) is 30.5 Å². The molecule has 0 spiro atoms. The summed E-state index contributed by atoms with van der Waals surface area (Å²) in [4.78, 5) is 25.2. The number of hydrogen-bond donors (Lipinski definition) is 2. The molecule has 202 valence electrons. The number of hydrogen-bond acceptors (Lipinski definition) is 6. The van der Waals surface area contributed by atoms with E-state index in [9.17, 15) is 14.9 Å². The molecule has 0 aliphatic carbocycles. The lowest BCUT2D eigenvalue weighted by Gasteiger charge is -2.15. The lowest BCUT2D eigenvalue weighted by atomic mass is 10.1. The first-order valence-corrected chi connectivity index (χ1v) is 12.7. The zero-order chi connectivity index (χ0) is 28.4. The van der Waals surface area contributed by atoms with Crippen molar-refractivity contribution in [3.63, 3.8) is 0 Å². The highest BCUT2D eigenvalue weighted by Gasteiger charge is 2.16. The van der Waals surface area contributed by atoms with E-state index in [1.807, 2.05) is 45.0 Å². The first kappa shape index (κ1) is 29.1. The minimum absolute atomic E-state index is 0.135. The van der Waals surface area contributed by atoms with Gasteiger partial charge in [0.1, 0.15) is 17.4 Å². The van der Waals surface area contributed by atoms with Crippen molar-refractivity contribution < 1.29 is 23.8 Å². The van der Waals surface area contributed by atoms with Crippen molar-refractivity contribution in [2.24, 2.45) is 0 Å². The average molecular weight is 548 g/mol. The molecule has 2 amide bonds. The lowest BCUT2D eigenvalue weighted by molar-refractivity contribution is -0.118. The van der Waals surface area contributed by atoms with Gasteiger partial charge in [-0.15, -0.1) is 0 Å². The van der Waals surface area contributed by atoms with E-state index in [2.05, 4.69) is 10.6 Å². The Kier molecular flexibility index (Phi) is 10.4. The normalized spacial score (nSPS) is 10.8. The van der Waals surface area contributed by atoms with Crippen molar-refractivity contribution in [3.8, 4) is 23.3 Å². The first-order valence-electron chi connectivity index (χ1n) is 12.4. The number of aryl methyl sites for hydroxylation is 2. The Morgan fingerprint density at radius 1 is 0.897 bits per heavy atom. The maximum atomic E-state index is 12.7. The Morgan fingerprint density at radius 2 is 1.59 bits per heavy atom. The van der Waals surface area contributed by atoms with E-state index >= 15 is 0 Å². The molecular weight excluding hydrogens is 518 g/mol. The molecule has 0 heterocycles. The van der Waals surface area contributed by atoms with Crippen LogP contribution in [0.1, 0.15) is 30.5 Å². The van der Waals surface area contributed by atoms with Crippen LogP contribution in [0.15, 0.2) is 60.2 Å². The van der Waals surface area contributed by atoms with Crippen molar-refractivity contribution in [2.45, 2.75) is 27.7 Å². The third kappa shape index (κ3) is 8.25. The van der Waals surface area contributed by atoms with Crippen LogP contribution in [0.4, 0.5) is 11.4 Å². The number of rotatable bonds is 11. The first-order chi connectivity index (χ1) is 18.7. The smallest absolute Gasteiger partial charge is 0.266 e.